The van der Waals surface area contributed by atoms with Crippen LogP contribution >= 0.6 is 22.9 Å². The first-order valence-electron chi connectivity index (χ1n) is 25.0. The van der Waals surface area contributed by atoms with E-state index in [2.05, 4.69) is 44.8 Å². The lowest BCUT2D eigenvalue weighted by Gasteiger charge is -2.15. The molecule has 1 aliphatic heterocycles. The Kier molecular flexibility index (Phi) is 17.1. The second-order valence-corrected chi connectivity index (χ2v) is 19.8. The fraction of sp³-hybridized carbons (Fsp3) is 0.389. The lowest BCUT2D eigenvalue weighted by atomic mass is 9.99. The normalized spacial score (nSPS) is 13.6. The number of hydrogen-bond donors (Lipinski definition) is 2. The minimum Gasteiger partial charge on any atom is -0.496 e. The first kappa shape index (κ1) is 53.7. The van der Waals surface area contributed by atoms with Gasteiger partial charge < -0.3 is 38.8 Å². The third-order valence-electron chi connectivity index (χ3n) is 13.2. The van der Waals surface area contributed by atoms with E-state index in [1.54, 1.807) is 35.4 Å². The van der Waals surface area contributed by atoms with Crippen LogP contribution in [0.4, 0.5) is 0 Å². The number of fused-ring (bicyclic) bond motifs is 6. The number of aromatic nitrogens is 8. The van der Waals surface area contributed by atoms with Gasteiger partial charge >= 0.3 is 5.69 Å². The number of hydrogen-bond acceptors (Lipinski definition) is 16. The molecule has 8 aromatic rings. The zero-order valence-corrected chi connectivity index (χ0v) is 45.0. The Balaban J connectivity index is 0.680. The molecule has 2 N–H and O–H groups in total. The fourth-order valence-corrected chi connectivity index (χ4v) is 10.7. The number of methoxy groups -OCH3 is 1. The van der Waals surface area contributed by atoms with Crippen LogP contribution in [0.5, 0.6) is 5.75 Å². The van der Waals surface area contributed by atoms with Crippen molar-refractivity contribution in [3.63, 3.8) is 0 Å². The molecule has 7 heterocycles. The largest absolute Gasteiger partial charge is 0.496 e. The number of benzene rings is 2. The molecule has 2 aromatic carbocycles. The van der Waals surface area contributed by atoms with Gasteiger partial charge in [0.15, 0.2) is 5.82 Å². The highest BCUT2D eigenvalue weighted by atomic mass is 35.5. The Labute approximate surface area is 447 Å². The fourth-order valence-electron chi connectivity index (χ4n) is 9.34. The molecule has 0 saturated heterocycles. The molecule has 0 unspecified atom stereocenters. The van der Waals surface area contributed by atoms with Gasteiger partial charge in [-0.2, -0.15) is 0 Å². The smallest absolute Gasteiger partial charge is 0.330 e. The number of carbonyl (C=O) groups is 2. The van der Waals surface area contributed by atoms with Crippen LogP contribution in [0.25, 0.3) is 38.1 Å². The Hall–Kier alpha value is -7.14. The number of rotatable bonds is 24. The minimum atomic E-state index is -0.563. The summed E-state index contributed by atoms with van der Waals surface area (Å²) in [7, 11) is 1.59. The van der Waals surface area contributed by atoms with Crippen LogP contribution in [0.1, 0.15) is 75.8 Å². The SMILES string of the molecule is COc1cc2c(cc1-c1c(C)noc1C)ncc1c2n([C@H](C)c2ccccn2)c(=O)n1CC(=O)NCCOCCOCCOCCOCCNC(=O)C[C@@H]1N=C(c2ccc(Cl)cc2)c2c(sc(C)c2C)-n2c(C)nnc21. The van der Waals surface area contributed by atoms with E-state index in [4.69, 9.17) is 49.8 Å². The molecule has 0 fully saturated rings. The van der Waals surface area contributed by atoms with E-state index in [0.717, 1.165) is 44.4 Å². The van der Waals surface area contributed by atoms with Crippen molar-refractivity contribution in [2.45, 2.75) is 66.6 Å². The summed E-state index contributed by atoms with van der Waals surface area (Å²) in [4.78, 5) is 56.6. The minimum absolute atomic E-state index is 0.0836. The zero-order valence-electron chi connectivity index (χ0n) is 43.5. The van der Waals surface area contributed by atoms with Gasteiger partial charge in [-0.1, -0.05) is 35.0 Å². The van der Waals surface area contributed by atoms with Crippen LogP contribution in [0, 0.1) is 34.6 Å². The van der Waals surface area contributed by atoms with Crippen LogP contribution in [0.15, 0.2) is 81.3 Å². The third-order valence-corrected chi connectivity index (χ3v) is 14.7. The lowest BCUT2D eigenvalue weighted by Crippen LogP contribution is -2.35. The molecule has 9 rings (SSSR count). The van der Waals surface area contributed by atoms with Gasteiger partial charge in [-0.15, -0.1) is 21.5 Å². The number of nitrogens with zero attached hydrogens (tertiary/aromatic N) is 9. The highest BCUT2D eigenvalue weighted by molar-refractivity contribution is 7.15. The number of thiophene rings is 1. The molecule has 76 heavy (non-hydrogen) atoms. The maximum atomic E-state index is 14.3. The van der Waals surface area contributed by atoms with Gasteiger partial charge in [0, 0.05) is 51.3 Å². The number of ether oxygens (including phenoxy) is 5. The highest BCUT2D eigenvalue weighted by Crippen LogP contribution is 2.41. The molecule has 0 saturated carbocycles. The Morgan fingerprint density at radius 1 is 0.842 bits per heavy atom. The molecule has 22 heteroatoms. The van der Waals surface area contributed by atoms with Gasteiger partial charge in [-0.05, 0) is 83.5 Å². The van der Waals surface area contributed by atoms with Crippen molar-refractivity contribution < 1.29 is 37.8 Å². The highest BCUT2D eigenvalue weighted by Gasteiger charge is 2.33. The molecule has 0 bridgehead atoms. The topological polar surface area (TPSA) is 226 Å². The van der Waals surface area contributed by atoms with Crippen molar-refractivity contribution in [3.8, 4) is 21.9 Å². The van der Waals surface area contributed by atoms with Crippen molar-refractivity contribution >= 4 is 62.4 Å². The summed E-state index contributed by atoms with van der Waals surface area (Å²) in [5.41, 5.74) is 8.12. The van der Waals surface area contributed by atoms with Gasteiger partial charge in [-0.25, -0.2) is 4.79 Å². The lowest BCUT2D eigenvalue weighted by molar-refractivity contribution is -0.122. The van der Waals surface area contributed by atoms with Gasteiger partial charge in [0.25, 0.3) is 0 Å². The van der Waals surface area contributed by atoms with Crippen LogP contribution in [0.2, 0.25) is 5.02 Å². The van der Waals surface area contributed by atoms with Gasteiger partial charge in [0.1, 0.15) is 34.9 Å². The average molecular weight is 1070 g/mol. The second-order valence-electron chi connectivity index (χ2n) is 18.2. The monoisotopic (exact) mass is 1070 g/mol. The van der Waals surface area contributed by atoms with E-state index in [9.17, 15) is 14.4 Å². The Bertz CT molecular complexity index is 3440. The molecule has 0 radical (unpaired) electrons. The first-order chi connectivity index (χ1) is 36.8. The predicted molar refractivity (Wildman–Crippen MR) is 288 cm³/mol. The summed E-state index contributed by atoms with van der Waals surface area (Å²) in [5, 5.41) is 21.1. The molecular formula is C54H60ClN11O9S. The van der Waals surface area contributed by atoms with Crippen molar-refractivity contribution in [1.82, 2.24) is 49.7 Å². The third kappa shape index (κ3) is 11.5. The average Bonchev–Trinajstić information content (AvgIpc) is 4.13. The van der Waals surface area contributed by atoms with Gasteiger partial charge in [0.05, 0.1) is 118 Å². The van der Waals surface area contributed by atoms with E-state index in [1.165, 1.54) is 9.44 Å². The second kappa shape index (κ2) is 24.2. The number of amides is 2. The van der Waals surface area contributed by atoms with Crippen molar-refractivity contribution in [1.29, 1.82) is 0 Å². The van der Waals surface area contributed by atoms with Crippen molar-refractivity contribution in [2.24, 2.45) is 4.99 Å². The number of aryl methyl sites for hydroxylation is 4. The molecule has 20 nitrogen and oxygen atoms in total. The summed E-state index contributed by atoms with van der Waals surface area (Å²) in [5.74, 6) is 2.00. The molecular weight excluding hydrogens is 1010 g/mol. The number of nitrogens with one attached hydrogen (secondary N) is 2. The summed E-state index contributed by atoms with van der Waals surface area (Å²) < 4.78 is 39.1. The molecule has 398 valence electrons. The van der Waals surface area contributed by atoms with E-state index in [1.807, 2.05) is 86.9 Å². The summed E-state index contributed by atoms with van der Waals surface area (Å²) in [6.45, 7) is 14.6. The van der Waals surface area contributed by atoms with Gasteiger partial charge in [-0.3, -0.25) is 38.3 Å². The molecule has 2 amide bonds. The van der Waals surface area contributed by atoms with E-state index in [0.29, 0.717) is 108 Å². The zero-order chi connectivity index (χ0) is 53.5. The number of halogens is 1. The van der Waals surface area contributed by atoms with Crippen LogP contribution in [-0.4, -0.2) is 130 Å². The molecule has 0 spiro atoms. The van der Waals surface area contributed by atoms with E-state index in [-0.39, 0.29) is 43.6 Å². The van der Waals surface area contributed by atoms with Crippen LogP contribution in [0.3, 0.4) is 0 Å². The quantitative estimate of drug-likeness (QED) is 0.0574. The summed E-state index contributed by atoms with van der Waals surface area (Å²) in [6.07, 6.45) is 3.39. The summed E-state index contributed by atoms with van der Waals surface area (Å²) in [6, 6.07) is 15.9. The molecule has 0 aliphatic carbocycles. The Morgan fingerprint density at radius 2 is 1.53 bits per heavy atom. The number of aliphatic imine (C=N–C) groups is 1. The van der Waals surface area contributed by atoms with Crippen molar-refractivity contribution in [2.75, 3.05) is 73.1 Å². The van der Waals surface area contributed by atoms with Crippen LogP contribution in [-0.2, 0) is 35.1 Å². The van der Waals surface area contributed by atoms with Crippen molar-refractivity contribution in [3.05, 3.63) is 133 Å². The maximum absolute atomic E-state index is 14.3. The molecule has 1 aliphatic rings. The van der Waals surface area contributed by atoms with Crippen LogP contribution < -0.4 is 21.1 Å². The molecule has 2 atom stereocenters. The Morgan fingerprint density at radius 3 is 2.17 bits per heavy atom. The molecule has 6 aromatic heterocycles. The van der Waals surface area contributed by atoms with E-state index < -0.39 is 12.1 Å². The number of carbonyl (C=O) groups excluding carboxylic acids is 2. The summed E-state index contributed by atoms with van der Waals surface area (Å²) >= 11 is 7.90. The number of pyridine rings is 2. The van der Waals surface area contributed by atoms with E-state index >= 15 is 0 Å². The van der Waals surface area contributed by atoms with Gasteiger partial charge in [0.2, 0.25) is 11.8 Å². The standard InChI is InChI=1S/C54H60ClN11O9S/c1-31-35(5)76-53-48(31)50(37-11-13-38(55)14-12-37)60-43(52-62-61-36(6)66(52)53)28-46(67)57-16-18-71-20-22-73-24-25-74-23-21-72-19-17-58-47(68)30-64-44-29-59-42-26-40(49-32(2)63-75-34(49)4)45(70-7)27-39(42)51(44)65(54(64)69)33(3)41-10-8-9-15-56-41/h8-15,26-27,29,33,43H,16-25,28,30H2,1-7H3,(H,57,67)(H,58,68)/t33-,43+/m1/s1. The first-order valence-corrected chi connectivity index (χ1v) is 26.2. The number of imidazole rings is 1. The predicted octanol–water partition coefficient (Wildman–Crippen LogP) is 7.14. The maximum Gasteiger partial charge on any atom is 0.330 e.